The molecule has 19 heteroatoms. The number of nitrogens with one attached hydrogen (secondary N) is 2. The standard InChI is InChI=1S/C31H33N5O4.C18H15NO4.C14H22N4O/c1-34-15-17-36(18-16-34)20-27(37)35(2)24-12-10-23(11-13-24)32-29(21-7-5-4-6-8-21)28-25-14-9-22(31(39)40-3)19-26(25)33-30(28)38;1-22-16(11-6-4-3-5-7-11)15-13-9-8-12(18(21)23-2)10-14(13)19-17(15)20;1-16-7-9-18(10-8-16)11-14(19)17(2)13-5-3-12(15)4-6-13/h4-14,19,33,38H,15-18,20H2,1-3H3;3-10H,1-2H3,(H,19,20);3-6H,7-11,15H2,1-2H3/b;16-15+;. The molecular weight excluding hydrogens is 1040 g/mol. The highest BCUT2D eigenvalue weighted by Crippen LogP contribution is 2.38. The Hall–Kier alpha value is -9.14. The van der Waals surface area contributed by atoms with E-state index >= 15 is 0 Å². The van der Waals surface area contributed by atoms with E-state index in [4.69, 9.17) is 24.9 Å². The Morgan fingerprint density at radius 1 is 0.598 bits per heavy atom. The van der Waals surface area contributed by atoms with Crippen molar-refractivity contribution in [3.63, 3.8) is 0 Å². The summed E-state index contributed by atoms with van der Waals surface area (Å²) in [5.41, 5.74) is 14.5. The second-order valence-electron chi connectivity index (χ2n) is 20.1. The maximum atomic E-state index is 12.9. The summed E-state index contributed by atoms with van der Waals surface area (Å²) < 4.78 is 15.0. The molecule has 0 saturated carbocycles. The van der Waals surface area contributed by atoms with E-state index in [1.165, 1.54) is 21.3 Å². The van der Waals surface area contributed by atoms with Crippen LogP contribution >= 0.6 is 0 Å². The lowest BCUT2D eigenvalue weighted by Gasteiger charge is -2.32. The minimum atomic E-state index is -0.457. The van der Waals surface area contributed by atoms with Crippen molar-refractivity contribution in [2.75, 3.05) is 136 Å². The van der Waals surface area contributed by atoms with E-state index < -0.39 is 11.9 Å². The maximum absolute atomic E-state index is 12.9. The zero-order chi connectivity index (χ0) is 58.5. The van der Waals surface area contributed by atoms with E-state index in [0.717, 1.165) is 80.2 Å². The van der Waals surface area contributed by atoms with Crippen LogP contribution in [-0.4, -0.2) is 180 Å². The predicted molar refractivity (Wildman–Crippen MR) is 322 cm³/mol. The minimum absolute atomic E-state index is 0.0424. The highest BCUT2D eigenvalue weighted by atomic mass is 16.5. The van der Waals surface area contributed by atoms with Gasteiger partial charge in [-0.25, -0.2) is 14.6 Å². The van der Waals surface area contributed by atoms with Crippen LogP contribution in [0.25, 0.3) is 22.2 Å². The number of piperazine rings is 2. The Kier molecular flexibility index (Phi) is 19.7. The molecule has 82 heavy (non-hydrogen) atoms. The van der Waals surface area contributed by atoms with Crippen molar-refractivity contribution < 1.29 is 43.3 Å². The van der Waals surface area contributed by atoms with Crippen molar-refractivity contribution in [1.82, 2.24) is 24.6 Å². The smallest absolute Gasteiger partial charge is 0.337 e. The SMILES string of the molecule is CN1CCN(CC(=O)N(C)c2ccc(N)cc2)CC1.COC(=O)c1ccc2c(C(=Nc3ccc(N(C)C(=O)CN4CCN(C)CC4)cc3)c3ccccc3)c(O)[nH]c2c1.COC(=O)c1ccc2c(c1)NC(=O)/C2=C(/OC)c1ccccc1. The first-order valence-electron chi connectivity index (χ1n) is 26.8. The number of hydrogen-bond donors (Lipinski definition) is 4. The first-order chi connectivity index (χ1) is 39.5. The normalized spacial score (nSPS) is 15.4. The van der Waals surface area contributed by atoms with Crippen molar-refractivity contribution in [2.24, 2.45) is 4.99 Å². The molecule has 426 valence electrons. The van der Waals surface area contributed by atoms with Crippen LogP contribution in [0.3, 0.4) is 0 Å². The van der Waals surface area contributed by atoms with Crippen LogP contribution in [0.2, 0.25) is 0 Å². The van der Waals surface area contributed by atoms with E-state index in [0.29, 0.717) is 75.0 Å². The summed E-state index contributed by atoms with van der Waals surface area (Å²) in [4.78, 5) is 81.4. The number of nitrogens with zero attached hydrogens (tertiary/aromatic N) is 7. The van der Waals surface area contributed by atoms with Crippen molar-refractivity contribution in [1.29, 1.82) is 0 Å². The Morgan fingerprint density at radius 3 is 1.60 bits per heavy atom. The molecule has 0 spiro atoms. The second kappa shape index (κ2) is 27.3. The lowest BCUT2D eigenvalue weighted by molar-refractivity contribution is -0.120. The monoisotopic (exact) mass is 1110 g/mol. The molecule has 19 nitrogen and oxygen atoms in total. The number of anilines is 4. The van der Waals surface area contributed by atoms with Crippen LogP contribution < -0.4 is 20.9 Å². The van der Waals surface area contributed by atoms with Crippen LogP contribution in [0.15, 0.2) is 151 Å². The fourth-order valence-corrected chi connectivity index (χ4v) is 9.60. The third-order valence-corrected chi connectivity index (χ3v) is 14.6. The third kappa shape index (κ3) is 14.4. The number of aromatic nitrogens is 1. The summed E-state index contributed by atoms with van der Waals surface area (Å²) in [5, 5.41) is 14.4. The second-order valence-corrected chi connectivity index (χ2v) is 20.1. The third-order valence-electron chi connectivity index (χ3n) is 14.6. The van der Waals surface area contributed by atoms with Gasteiger partial charge < -0.3 is 55.0 Å². The Balaban J connectivity index is 0.000000177. The number of H-pyrrole nitrogens is 1. The number of benzene rings is 6. The highest BCUT2D eigenvalue weighted by molar-refractivity contribution is 6.36. The number of ether oxygens (including phenoxy) is 3. The number of esters is 2. The molecule has 2 saturated heterocycles. The molecule has 5 N–H and O–H groups in total. The molecule has 6 aromatic carbocycles. The summed E-state index contributed by atoms with van der Waals surface area (Å²) in [7, 11) is 12.0. The van der Waals surface area contributed by atoms with Gasteiger partial charge in [-0.15, -0.1) is 0 Å². The molecule has 3 aliphatic rings. The first kappa shape index (κ1) is 59.0. The number of hydrogen-bond acceptors (Lipinski definition) is 15. The van der Waals surface area contributed by atoms with Gasteiger partial charge in [-0.3, -0.25) is 24.2 Å². The largest absolute Gasteiger partial charge is 0.495 e. The molecule has 2 fully saturated rings. The van der Waals surface area contributed by atoms with Crippen molar-refractivity contribution in [3.8, 4) is 5.88 Å². The number of carbonyl (C=O) groups is 5. The van der Waals surface area contributed by atoms with Crippen LogP contribution in [0.1, 0.15) is 43.0 Å². The Bertz CT molecular complexity index is 3440. The lowest BCUT2D eigenvalue weighted by Crippen LogP contribution is -2.48. The fraction of sp³-hybridized carbons (Fsp3) is 0.270. The Labute approximate surface area is 477 Å². The first-order valence-corrected chi connectivity index (χ1v) is 26.8. The number of methoxy groups -OCH3 is 3. The van der Waals surface area contributed by atoms with Gasteiger partial charge in [-0.2, -0.15) is 0 Å². The van der Waals surface area contributed by atoms with Gasteiger partial charge in [0.1, 0.15) is 5.76 Å². The number of likely N-dealkylation sites (N-methyl/N-ethyl adjacent to an activating group) is 4. The van der Waals surface area contributed by atoms with E-state index in [-0.39, 0.29) is 23.6 Å². The number of rotatable bonds is 13. The van der Waals surface area contributed by atoms with Gasteiger partial charge >= 0.3 is 11.9 Å². The molecule has 7 aromatic rings. The van der Waals surface area contributed by atoms with Crippen molar-refractivity contribution >= 4 is 86.0 Å². The van der Waals surface area contributed by atoms with E-state index in [1.807, 2.05) is 116 Å². The molecule has 0 unspecified atom stereocenters. The van der Waals surface area contributed by atoms with Crippen molar-refractivity contribution in [2.45, 2.75) is 0 Å². The number of carbonyl (C=O) groups excluding carboxylic acids is 5. The highest BCUT2D eigenvalue weighted by Gasteiger charge is 2.30. The molecule has 3 amide bonds. The van der Waals surface area contributed by atoms with Gasteiger partial charge in [0.2, 0.25) is 11.8 Å². The predicted octanol–water partition coefficient (Wildman–Crippen LogP) is 7.46. The lowest BCUT2D eigenvalue weighted by atomic mass is 10.00. The minimum Gasteiger partial charge on any atom is -0.495 e. The van der Waals surface area contributed by atoms with Gasteiger partial charge in [0, 0.05) is 111 Å². The summed E-state index contributed by atoms with van der Waals surface area (Å²) in [6.45, 7) is 8.53. The van der Waals surface area contributed by atoms with E-state index in [1.54, 1.807) is 53.2 Å². The molecule has 4 heterocycles. The molecule has 0 bridgehead atoms. The topological polar surface area (TPSA) is 219 Å². The number of nitrogen functional groups attached to an aromatic ring is 1. The van der Waals surface area contributed by atoms with E-state index in [9.17, 15) is 29.1 Å². The zero-order valence-corrected chi connectivity index (χ0v) is 47.3. The molecule has 3 aliphatic heterocycles. The fourth-order valence-electron chi connectivity index (χ4n) is 9.60. The molecule has 10 rings (SSSR count). The molecule has 1 aromatic heterocycles. The van der Waals surface area contributed by atoms with Crippen LogP contribution in [0.4, 0.5) is 28.4 Å². The summed E-state index contributed by atoms with van der Waals surface area (Å²) in [6.07, 6.45) is 0. The van der Waals surface area contributed by atoms with Gasteiger partial charge in [0.15, 0.2) is 5.88 Å². The van der Waals surface area contributed by atoms with Crippen LogP contribution in [-0.2, 0) is 28.6 Å². The quantitative estimate of drug-likeness (QED) is 0.0290. The maximum Gasteiger partial charge on any atom is 0.337 e. The average molecular weight is 1110 g/mol. The molecule has 0 atom stereocenters. The number of aromatic hydroxyl groups is 1. The van der Waals surface area contributed by atoms with E-state index in [2.05, 4.69) is 44.0 Å². The van der Waals surface area contributed by atoms with Crippen LogP contribution in [0.5, 0.6) is 5.88 Å². The summed E-state index contributed by atoms with van der Waals surface area (Å²) in [6, 6.07) is 43.9. The average Bonchev–Trinajstić information content (AvgIpc) is 3.89. The number of aromatic amines is 1. The molecule has 0 aliphatic carbocycles. The number of aliphatic imine (C=N–C) groups is 1. The van der Waals surface area contributed by atoms with Crippen molar-refractivity contribution in [3.05, 3.63) is 179 Å². The van der Waals surface area contributed by atoms with Gasteiger partial charge in [0.05, 0.1) is 73.8 Å². The number of fused-ring (bicyclic) bond motifs is 2. The van der Waals surface area contributed by atoms with Gasteiger partial charge in [-0.05, 0) is 86.9 Å². The van der Waals surface area contributed by atoms with Gasteiger partial charge in [0.25, 0.3) is 5.91 Å². The number of nitrogens with two attached hydrogens (primary N) is 1. The molecule has 0 radical (unpaired) electrons. The van der Waals surface area contributed by atoms with Gasteiger partial charge in [-0.1, -0.05) is 72.8 Å². The number of amides is 3. The Morgan fingerprint density at radius 2 is 1.09 bits per heavy atom. The summed E-state index contributed by atoms with van der Waals surface area (Å²) >= 11 is 0. The molecular formula is C63H70N10O9. The zero-order valence-electron chi connectivity index (χ0n) is 47.3. The summed E-state index contributed by atoms with van der Waals surface area (Å²) in [5.74, 6) is -0.563. The van der Waals surface area contributed by atoms with Crippen LogP contribution in [0, 0.1) is 0 Å².